The molecule has 0 aromatic heterocycles. The number of hydrogen-bond donors (Lipinski definition) is 0. The Morgan fingerprint density at radius 3 is 2.56 bits per heavy atom. The fourth-order valence-electron chi connectivity index (χ4n) is 0.818. The van der Waals surface area contributed by atoms with Crippen LogP contribution in [0, 0.1) is 0 Å². The van der Waals surface area contributed by atoms with E-state index in [1.54, 1.807) is 0 Å². The molecule has 0 amide bonds. The summed E-state index contributed by atoms with van der Waals surface area (Å²) in [6.45, 7) is -1.77. The predicted octanol–water partition coefficient (Wildman–Crippen LogP) is 0.833. The van der Waals surface area contributed by atoms with E-state index >= 15 is 0 Å². The minimum Gasteiger partial charge on any atom is -0.467 e. The Morgan fingerprint density at radius 2 is 2.12 bits per heavy atom. The van der Waals surface area contributed by atoms with E-state index in [2.05, 4.69) is 14.5 Å². The number of halogens is 3. The smallest absolute Gasteiger partial charge is 0.411 e. The van der Waals surface area contributed by atoms with Gasteiger partial charge in [-0.2, -0.15) is 18.2 Å². The average molecular weight is 241 g/mol. The van der Waals surface area contributed by atoms with Gasteiger partial charge in [0.1, 0.15) is 6.61 Å². The van der Waals surface area contributed by atoms with E-state index in [0.717, 1.165) is 13.2 Å². The second-order valence-corrected chi connectivity index (χ2v) is 2.72. The number of rotatable bonds is 6. The minimum absolute atomic E-state index is 0.169. The maximum Gasteiger partial charge on any atom is 0.411 e. The second kappa shape index (κ2) is 6.97. The topological polar surface area (TPSA) is 65.0 Å². The highest BCUT2D eigenvalue weighted by atomic mass is 19.4. The van der Waals surface area contributed by atoms with Crippen molar-refractivity contribution in [1.29, 1.82) is 0 Å². The summed E-state index contributed by atoms with van der Waals surface area (Å²) in [5.41, 5.74) is 0. The fourth-order valence-corrected chi connectivity index (χ4v) is 0.818. The summed E-state index contributed by atoms with van der Waals surface area (Å²) in [5, 5.41) is 0. The van der Waals surface area contributed by atoms with Crippen LogP contribution in [0.15, 0.2) is 4.99 Å². The van der Waals surface area contributed by atoms with Crippen LogP contribution in [0.4, 0.5) is 13.2 Å². The van der Waals surface area contributed by atoms with E-state index in [-0.39, 0.29) is 13.0 Å². The number of carbonyl (C=O) groups is 1. The van der Waals surface area contributed by atoms with Crippen LogP contribution in [-0.2, 0) is 19.1 Å². The molecular formula is C8H10F3NO4. The van der Waals surface area contributed by atoms with Gasteiger partial charge in [-0.3, -0.25) is 0 Å². The van der Waals surface area contributed by atoms with Gasteiger partial charge in [0.15, 0.2) is 6.04 Å². The maximum atomic E-state index is 11.7. The van der Waals surface area contributed by atoms with Crippen LogP contribution < -0.4 is 0 Å². The van der Waals surface area contributed by atoms with Gasteiger partial charge in [-0.25, -0.2) is 9.59 Å². The first-order valence-corrected chi connectivity index (χ1v) is 4.20. The Balaban J connectivity index is 3.95. The summed E-state index contributed by atoms with van der Waals surface area (Å²) < 4.78 is 43.5. The van der Waals surface area contributed by atoms with Crippen LogP contribution in [0.2, 0.25) is 0 Å². The van der Waals surface area contributed by atoms with Gasteiger partial charge in [-0.05, 0) is 0 Å². The zero-order valence-electron chi connectivity index (χ0n) is 8.41. The SMILES string of the molecule is COC(=O)C(CCOCC(F)(F)F)N=C=O. The quantitative estimate of drug-likeness (QED) is 0.299. The lowest BCUT2D eigenvalue weighted by Gasteiger charge is -2.10. The standard InChI is InChI=1S/C8H10F3NO4/c1-15-7(14)6(12-5-13)2-3-16-4-8(9,10)11/h6H,2-4H2,1H3. The van der Waals surface area contributed by atoms with Crippen molar-refractivity contribution in [3.8, 4) is 0 Å². The third-order valence-corrected chi connectivity index (χ3v) is 1.48. The maximum absolute atomic E-state index is 11.7. The monoisotopic (exact) mass is 241 g/mol. The molecule has 0 N–H and O–H groups in total. The minimum atomic E-state index is -4.42. The molecule has 0 radical (unpaired) electrons. The number of ether oxygens (including phenoxy) is 2. The number of isocyanates is 1. The van der Waals surface area contributed by atoms with Crippen LogP contribution in [0.5, 0.6) is 0 Å². The van der Waals surface area contributed by atoms with E-state index in [9.17, 15) is 22.8 Å². The lowest BCUT2D eigenvalue weighted by molar-refractivity contribution is -0.174. The van der Waals surface area contributed by atoms with Crippen molar-refractivity contribution in [3.05, 3.63) is 0 Å². The van der Waals surface area contributed by atoms with E-state index in [4.69, 9.17) is 0 Å². The first kappa shape index (κ1) is 14.6. The number of aliphatic imine (C=N–C) groups is 1. The summed E-state index contributed by atoms with van der Waals surface area (Å²) in [6, 6.07) is -1.17. The summed E-state index contributed by atoms with van der Waals surface area (Å²) in [4.78, 5) is 23.9. The van der Waals surface area contributed by atoms with Crippen molar-refractivity contribution >= 4 is 12.0 Å². The molecular weight excluding hydrogens is 231 g/mol. The number of nitrogens with zero attached hydrogens (tertiary/aromatic N) is 1. The third kappa shape index (κ3) is 6.97. The van der Waals surface area contributed by atoms with E-state index in [1.807, 2.05) is 0 Å². The van der Waals surface area contributed by atoms with Crippen molar-refractivity contribution in [1.82, 2.24) is 0 Å². The zero-order chi connectivity index (χ0) is 12.6. The fraction of sp³-hybridized carbons (Fsp3) is 0.750. The van der Waals surface area contributed by atoms with Crippen LogP contribution in [-0.4, -0.2) is 44.6 Å². The summed E-state index contributed by atoms with van der Waals surface area (Å²) >= 11 is 0. The zero-order valence-corrected chi connectivity index (χ0v) is 8.41. The highest BCUT2D eigenvalue weighted by Crippen LogP contribution is 2.14. The van der Waals surface area contributed by atoms with Crippen molar-refractivity contribution in [2.45, 2.75) is 18.6 Å². The molecule has 0 aromatic rings. The molecule has 92 valence electrons. The third-order valence-electron chi connectivity index (χ3n) is 1.48. The van der Waals surface area contributed by atoms with E-state index < -0.39 is 24.8 Å². The van der Waals surface area contributed by atoms with Gasteiger partial charge in [0.2, 0.25) is 6.08 Å². The Hall–Kier alpha value is -1.40. The average Bonchev–Trinajstić information content (AvgIpc) is 2.20. The van der Waals surface area contributed by atoms with Crippen LogP contribution in [0.3, 0.4) is 0 Å². The molecule has 0 saturated carbocycles. The molecule has 5 nitrogen and oxygen atoms in total. The Kier molecular flexibility index (Phi) is 6.36. The predicted molar refractivity (Wildman–Crippen MR) is 45.4 cm³/mol. The molecule has 0 rings (SSSR count). The van der Waals surface area contributed by atoms with Crippen molar-refractivity contribution in [3.63, 3.8) is 0 Å². The van der Waals surface area contributed by atoms with Gasteiger partial charge >= 0.3 is 12.1 Å². The molecule has 0 spiro atoms. The molecule has 1 unspecified atom stereocenters. The van der Waals surface area contributed by atoms with Crippen molar-refractivity contribution < 1.29 is 32.2 Å². The number of carbonyl (C=O) groups excluding carboxylic acids is 2. The van der Waals surface area contributed by atoms with Crippen LogP contribution >= 0.6 is 0 Å². The first-order chi connectivity index (χ1) is 7.40. The lowest BCUT2D eigenvalue weighted by atomic mass is 10.2. The number of hydrogen-bond acceptors (Lipinski definition) is 5. The Labute approximate surface area is 89.2 Å². The second-order valence-electron chi connectivity index (χ2n) is 2.72. The van der Waals surface area contributed by atoms with Crippen molar-refractivity contribution in [2.75, 3.05) is 20.3 Å². The highest BCUT2D eigenvalue weighted by molar-refractivity contribution is 5.76. The molecule has 16 heavy (non-hydrogen) atoms. The van der Waals surface area contributed by atoms with Crippen molar-refractivity contribution in [2.24, 2.45) is 4.99 Å². The molecule has 0 aliphatic carbocycles. The molecule has 0 aliphatic rings. The number of alkyl halides is 3. The summed E-state index contributed by atoms with van der Waals surface area (Å²) in [7, 11) is 1.08. The van der Waals surface area contributed by atoms with Crippen LogP contribution in [0.25, 0.3) is 0 Å². The highest BCUT2D eigenvalue weighted by Gasteiger charge is 2.27. The van der Waals surface area contributed by atoms with Gasteiger partial charge < -0.3 is 9.47 Å². The first-order valence-electron chi connectivity index (χ1n) is 4.20. The Bertz CT molecular complexity index is 273. The van der Waals surface area contributed by atoms with Gasteiger partial charge in [-0.15, -0.1) is 0 Å². The Morgan fingerprint density at radius 1 is 1.50 bits per heavy atom. The van der Waals surface area contributed by atoms with E-state index in [1.165, 1.54) is 0 Å². The molecule has 0 aliphatic heterocycles. The van der Waals surface area contributed by atoms with Gasteiger partial charge in [0.05, 0.1) is 7.11 Å². The van der Waals surface area contributed by atoms with E-state index in [0.29, 0.717) is 0 Å². The molecule has 1 atom stereocenters. The largest absolute Gasteiger partial charge is 0.467 e. The number of esters is 1. The van der Waals surface area contributed by atoms with Gasteiger partial charge in [-0.1, -0.05) is 0 Å². The normalized spacial score (nSPS) is 12.8. The molecule has 0 aromatic carbocycles. The van der Waals surface area contributed by atoms with Gasteiger partial charge in [0, 0.05) is 13.0 Å². The summed E-state index contributed by atoms with van der Waals surface area (Å²) in [6.07, 6.45) is -3.45. The molecule has 8 heteroatoms. The van der Waals surface area contributed by atoms with Gasteiger partial charge in [0.25, 0.3) is 0 Å². The summed E-state index contributed by atoms with van der Waals surface area (Å²) in [5.74, 6) is -0.820. The molecule has 0 fully saturated rings. The lowest BCUT2D eigenvalue weighted by Crippen LogP contribution is -2.24. The molecule has 0 heterocycles. The van der Waals surface area contributed by atoms with Crippen LogP contribution in [0.1, 0.15) is 6.42 Å². The molecule has 0 saturated heterocycles. The molecule has 0 bridgehead atoms. The number of methoxy groups -OCH3 is 1.